The second-order valence-corrected chi connectivity index (χ2v) is 9.45. The second kappa shape index (κ2) is 10.8. The topological polar surface area (TPSA) is 114 Å². The Morgan fingerprint density at radius 2 is 1.29 bits per heavy atom. The van der Waals surface area contributed by atoms with Crippen molar-refractivity contribution >= 4 is 27.5 Å². The lowest BCUT2D eigenvalue weighted by molar-refractivity contribution is 0.0846. The van der Waals surface area contributed by atoms with Crippen LogP contribution in [0.1, 0.15) is 53.0 Å². The minimum Gasteiger partial charge on any atom is -0.494 e. The van der Waals surface area contributed by atoms with Crippen molar-refractivity contribution in [3.8, 4) is 5.75 Å². The van der Waals surface area contributed by atoms with Gasteiger partial charge in [-0.15, -0.1) is 0 Å². The molecule has 2 amide bonds. The van der Waals surface area contributed by atoms with Crippen LogP contribution in [0.2, 0.25) is 0 Å². The van der Waals surface area contributed by atoms with Gasteiger partial charge in [0.1, 0.15) is 5.75 Å². The van der Waals surface area contributed by atoms with E-state index in [4.69, 9.17) is 4.74 Å². The van der Waals surface area contributed by atoms with Crippen LogP contribution in [0.5, 0.6) is 5.75 Å². The van der Waals surface area contributed by atoms with Gasteiger partial charge >= 0.3 is 0 Å². The van der Waals surface area contributed by atoms with Crippen molar-refractivity contribution in [2.45, 2.75) is 31.6 Å². The number of carbonyl (C=O) groups is 2. The highest BCUT2D eigenvalue weighted by Crippen LogP contribution is 2.20. The van der Waals surface area contributed by atoms with Crippen molar-refractivity contribution in [2.75, 3.05) is 11.3 Å². The number of anilines is 1. The zero-order valence-electron chi connectivity index (χ0n) is 19.2. The molecule has 0 atom stereocenters. The van der Waals surface area contributed by atoms with Crippen molar-refractivity contribution < 1.29 is 22.7 Å². The van der Waals surface area contributed by atoms with E-state index in [1.54, 1.807) is 24.3 Å². The van der Waals surface area contributed by atoms with Gasteiger partial charge in [-0.05, 0) is 79.1 Å². The lowest BCUT2D eigenvalue weighted by atomic mass is 10.0. The molecule has 0 saturated heterocycles. The Hall–Kier alpha value is -3.85. The van der Waals surface area contributed by atoms with Gasteiger partial charge in [-0.25, -0.2) is 8.42 Å². The molecule has 0 bridgehead atoms. The number of carbonyl (C=O) groups excluding carboxylic acids is 2. The Labute approximate surface area is 199 Å². The van der Waals surface area contributed by atoms with Gasteiger partial charge in [-0.3, -0.25) is 25.2 Å². The average Bonchev–Trinajstić information content (AvgIpc) is 2.83. The summed E-state index contributed by atoms with van der Waals surface area (Å²) in [6.45, 7) is 6.45. The van der Waals surface area contributed by atoms with E-state index >= 15 is 0 Å². The summed E-state index contributed by atoms with van der Waals surface area (Å²) in [7, 11) is -3.80. The standard InChI is InChI=1S/C25H27N3O5S/c1-4-33-22-13-15-23(16-14-22)34(31,32)28-21-11-9-20(10-12-21)25(30)27-26-24(29)19-7-5-18(6-8-19)17(2)3/h5-17,28H,4H2,1-3H3,(H,26,29)(H,27,30). The Balaban J connectivity index is 1.57. The van der Waals surface area contributed by atoms with E-state index in [0.717, 1.165) is 5.56 Å². The van der Waals surface area contributed by atoms with Crippen molar-refractivity contribution in [1.29, 1.82) is 0 Å². The summed E-state index contributed by atoms with van der Waals surface area (Å²) in [6.07, 6.45) is 0. The largest absolute Gasteiger partial charge is 0.494 e. The molecule has 0 radical (unpaired) electrons. The maximum absolute atomic E-state index is 12.6. The van der Waals surface area contributed by atoms with Gasteiger partial charge in [0.25, 0.3) is 21.8 Å². The molecule has 0 aliphatic carbocycles. The van der Waals surface area contributed by atoms with E-state index in [0.29, 0.717) is 29.5 Å². The minimum atomic E-state index is -3.80. The molecule has 34 heavy (non-hydrogen) atoms. The summed E-state index contributed by atoms with van der Waals surface area (Å²) in [4.78, 5) is 24.7. The highest BCUT2D eigenvalue weighted by atomic mass is 32.2. The third-order valence-corrected chi connectivity index (χ3v) is 6.37. The first-order valence-electron chi connectivity index (χ1n) is 10.8. The van der Waals surface area contributed by atoms with Gasteiger partial charge in [0.2, 0.25) is 0 Å². The monoisotopic (exact) mass is 481 g/mol. The summed E-state index contributed by atoms with van der Waals surface area (Å²) in [5, 5.41) is 0. The molecular formula is C25H27N3O5S. The van der Waals surface area contributed by atoms with Crippen LogP contribution in [-0.2, 0) is 10.0 Å². The normalized spacial score (nSPS) is 11.1. The summed E-state index contributed by atoms with van der Waals surface area (Å²) in [5.74, 6) is -0.0434. The fourth-order valence-corrected chi connectivity index (χ4v) is 4.12. The zero-order chi connectivity index (χ0) is 24.7. The molecule has 0 aromatic heterocycles. The maximum Gasteiger partial charge on any atom is 0.269 e. The third-order valence-electron chi connectivity index (χ3n) is 4.97. The summed E-state index contributed by atoms with van der Waals surface area (Å²) in [6, 6.07) is 19.0. The zero-order valence-corrected chi connectivity index (χ0v) is 20.0. The number of sulfonamides is 1. The van der Waals surface area contributed by atoms with Gasteiger partial charge in [-0.2, -0.15) is 0 Å². The summed E-state index contributed by atoms with van der Waals surface area (Å²) < 4.78 is 32.9. The Morgan fingerprint density at radius 3 is 1.76 bits per heavy atom. The first-order chi connectivity index (χ1) is 16.2. The Kier molecular flexibility index (Phi) is 7.91. The van der Waals surface area contributed by atoms with Gasteiger partial charge in [0, 0.05) is 16.8 Å². The van der Waals surface area contributed by atoms with E-state index in [1.807, 2.05) is 19.1 Å². The molecule has 0 unspecified atom stereocenters. The van der Waals surface area contributed by atoms with Crippen LogP contribution in [0.25, 0.3) is 0 Å². The van der Waals surface area contributed by atoms with Crippen LogP contribution in [0, 0.1) is 0 Å². The fraction of sp³-hybridized carbons (Fsp3) is 0.200. The number of hydrazine groups is 1. The molecule has 3 rings (SSSR count). The second-order valence-electron chi connectivity index (χ2n) is 7.77. The molecule has 3 N–H and O–H groups in total. The number of hydrogen-bond acceptors (Lipinski definition) is 5. The van der Waals surface area contributed by atoms with Gasteiger partial charge in [0.15, 0.2) is 0 Å². The van der Waals surface area contributed by atoms with Crippen LogP contribution in [0.3, 0.4) is 0 Å². The van der Waals surface area contributed by atoms with Crippen molar-refractivity contribution in [3.05, 3.63) is 89.5 Å². The van der Waals surface area contributed by atoms with Crippen LogP contribution in [0.15, 0.2) is 77.7 Å². The van der Waals surface area contributed by atoms with Crippen LogP contribution >= 0.6 is 0 Å². The minimum absolute atomic E-state index is 0.0851. The first-order valence-corrected chi connectivity index (χ1v) is 12.2. The SMILES string of the molecule is CCOc1ccc(S(=O)(=O)Nc2ccc(C(=O)NNC(=O)c3ccc(C(C)C)cc3)cc2)cc1. The van der Waals surface area contributed by atoms with Crippen molar-refractivity contribution in [3.63, 3.8) is 0 Å². The molecule has 9 heteroatoms. The van der Waals surface area contributed by atoms with Crippen LogP contribution < -0.4 is 20.3 Å². The van der Waals surface area contributed by atoms with Crippen molar-refractivity contribution in [1.82, 2.24) is 10.9 Å². The predicted octanol–water partition coefficient (Wildman–Crippen LogP) is 4.08. The number of hydrogen-bond donors (Lipinski definition) is 3. The highest BCUT2D eigenvalue weighted by Gasteiger charge is 2.15. The van der Waals surface area contributed by atoms with E-state index < -0.39 is 21.8 Å². The van der Waals surface area contributed by atoms with Gasteiger partial charge in [-0.1, -0.05) is 26.0 Å². The highest BCUT2D eigenvalue weighted by molar-refractivity contribution is 7.92. The molecular weight excluding hydrogens is 454 g/mol. The predicted molar refractivity (Wildman–Crippen MR) is 130 cm³/mol. The van der Waals surface area contributed by atoms with Crippen molar-refractivity contribution in [2.24, 2.45) is 0 Å². The lowest BCUT2D eigenvalue weighted by Gasteiger charge is -2.11. The quantitative estimate of drug-likeness (QED) is 0.420. The van der Waals surface area contributed by atoms with E-state index in [1.165, 1.54) is 36.4 Å². The molecule has 0 aliphatic rings. The molecule has 8 nitrogen and oxygen atoms in total. The van der Waals surface area contributed by atoms with E-state index in [2.05, 4.69) is 29.4 Å². The molecule has 0 spiro atoms. The summed E-state index contributed by atoms with van der Waals surface area (Å²) in [5.41, 5.74) is 6.80. The Morgan fingerprint density at radius 1 is 0.794 bits per heavy atom. The van der Waals surface area contributed by atoms with Crippen LogP contribution in [0.4, 0.5) is 5.69 Å². The molecule has 0 fully saturated rings. The van der Waals surface area contributed by atoms with Gasteiger partial charge < -0.3 is 4.74 Å². The first kappa shape index (κ1) is 24.8. The molecule has 0 saturated carbocycles. The Bertz CT molecular complexity index is 1240. The molecule has 3 aromatic carbocycles. The number of nitrogens with one attached hydrogen (secondary N) is 3. The number of benzene rings is 3. The molecule has 0 aliphatic heterocycles. The number of rotatable bonds is 8. The average molecular weight is 482 g/mol. The molecule has 0 heterocycles. The smallest absolute Gasteiger partial charge is 0.269 e. The number of amides is 2. The third kappa shape index (κ3) is 6.35. The maximum atomic E-state index is 12.6. The molecule has 178 valence electrons. The summed E-state index contributed by atoms with van der Waals surface area (Å²) >= 11 is 0. The van der Waals surface area contributed by atoms with E-state index in [-0.39, 0.29) is 10.5 Å². The fourth-order valence-electron chi connectivity index (χ4n) is 3.06. The molecule has 3 aromatic rings. The van der Waals surface area contributed by atoms with Crippen LogP contribution in [-0.4, -0.2) is 26.8 Å². The lowest BCUT2D eigenvalue weighted by Crippen LogP contribution is -2.41. The number of ether oxygens (including phenoxy) is 1. The van der Waals surface area contributed by atoms with E-state index in [9.17, 15) is 18.0 Å². The van der Waals surface area contributed by atoms with Gasteiger partial charge in [0.05, 0.1) is 11.5 Å².